The minimum absolute atomic E-state index is 0.263. The van der Waals surface area contributed by atoms with E-state index in [2.05, 4.69) is 23.7 Å². The molecule has 19 heavy (non-hydrogen) atoms. The zero-order chi connectivity index (χ0) is 13.9. The Labute approximate surface area is 115 Å². The first-order chi connectivity index (χ1) is 9.08. The predicted molar refractivity (Wildman–Crippen MR) is 75.0 cm³/mol. The van der Waals surface area contributed by atoms with Gasteiger partial charge in [-0.3, -0.25) is 9.88 Å². The van der Waals surface area contributed by atoms with Crippen LogP contribution in [0.3, 0.4) is 0 Å². The summed E-state index contributed by atoms with van der Waals surface area (Å²) < 4.78 is 5.40. The molecule has 0 saturated carbocycles. The summed E-state index contributed by atoms with van der Waals surface area (Å²) in [6, 6.07) is 3.93. The molecule has 2 atom stereocenters. The van der Waals surface area contributed by atoms with Crippen LogP contribution < -0.4 is 0 Å². The van der Waals surface area contributed by atoms with Crippen LogP contribution in [0.2, 0.25) is 0 Å². The summed E-state index contributed by atoms with van der Waals surface area (Å²) in [6.45, 7) is 9.45. The molecule has 4 nitrogen and oxygen atoms in total. The molecule has 0 bridgehead atoms. The minimum atomic E-state index is -0.524. The molecule has 0 radical (unpaired) electrons. The van der Waals surface area contributed by atoms with Crippen LogP contribution in [0.1, 0.15) is 37.6 Å². The summed E-state index contributed by atoms with van der Waals surface area (Å²) in [5.41, 5.74) is 1.60. The maximum atomic E-state index is 10.8. The highest BCUT2D eigenvalue weighted by Gasteiger charge is 2.38. The van der Waals surface area contributed by atoms with Gasteiger partial charge in [-0.25, -0.2) is 0 Å². The molecule has 2 rings (SSSR count). The smallest absolute Gasteiger partial charge is 0.0985 e. The van der Waals surface area contributed by atoms with E-state index in [1.165, 1.54) is 0 Å². The Hall–Kier alpha value is -0.970. The van der Waals surface area contributed by atoms with Crippen molar-refractivity contribution in [2.75, 3.05) is 26.3 Å². The minimum Gasteiger partial charge on any atom is -0.386 e. The van der Waals surface area contributed by atoms with Crippen LogP contribution in [0.15, 0.2) is 18.3 Å². The fourth-order valence-electron chi connectivity index (χ4n) is 2.66. The third-order valence-electron chi connectivity index (χ3n) is 4.29. The molecule has 0 spiro atoms. The van der Waals surface area contributed by atoms with E-state index in [1.54, 1.807) is 6.20 Å². The van der Waals surface area contributed by atoms with Gasteiger partial charge in [0.2, 0.25) is 0 Å². The summed E-state index contributed by atoms with van der Waals surface area (Å²) in [4.78, 5) is 6.62. The van der Waals surface area contributed by atoms with Gasteiger partial charge >= 0.3 is 0 Å². The molecule has 1 fully saturated rings. The van der Waals surface area contributed by atoms with E-state index in [9.17, 15) is 5.11 Å². The Morgan fingerprint density at radius 2 is 2.11 bits per heavy atom. The molecule has 1 saturated heterocycles. The quantitative estimate of drug-likeness (QED) is 0.902. The first kappa shape index (κ1) is 14.4. The molecular formula is C15H24N2O2. The molecule has 1 aromatic heterocycles. The average Bonchev–Trinajstić information content (AvgIpc) is 2.47. The van der Waals surface area contributed by atoms with Crippen molar-refractivity contribution in [2.24, 2.45) is 0 Å². The number of pyridine rings is 1. The highest BCUT2D eigenvalue weighted by Crippen LogP contribution is 2.34. The van der Waals surface area contributed by atoms with Crippen molar-refractivity contribution < 1.29 is 9.84 Å². The van der Waals surface area contributed by atoms with Gasteiger partial charge in [-0.2, -0.15) is 0 Å². The van der Waals surface area contributed by atoms with Gasteiger partial charge in [0.25, 0.3) is 0 Å². The Morgan fingerprint density at radius 1 is 1.42 bits per heavy atom. The van der Waals surface area contributed by atoms with E-state index in [0.29, 0.717) is 0 Å². The Morgan fingerprint density at radius 3 is 2.63 bits per heavy atom. The number of aryl methyl sites for hydroxylation is 1. The second-order valence-electron chi connectivity index (χ2n) is 5.45. The number of aliphatic hydroxyl groups excluding tert-OH is 1. The summed E-state index contributed by atoms with van der Waals surface area (Å²) in [5, 5.41) is 10.8. The third kappa shape index (κ3) is 2.96. The molecule has 0 aliphatic carbocycles. The molecule has 0 aromatic carbocycles. The Kier molecular flexibility index (Phi) is 4.55. The number of ether oxygens (including phenoxy) is 1. The fraction of sp³-hybridized carbons (Fsp3) is 0.667. The second kappa shape index (κ2) is 5.99. The summed E-state index contributed by atoms with van der Waals surface area (Å²) >= 11 is 0. The van der Waals surface area contributed by atoms with Crippen molar-refractivity contribution in [3.63, 3.8) is 0 Å². The zero-order valence-corrected chi connectivity index (χ0v) is 12.1. The van der Waals surface area contributed by atoms with Crippen molar-refractivity contribution in [1.82, 2.24) is 9.88 Å². The molecule has 1 aliphatic rings. The van der Waals surface area contributed by atoms with E-state index in [-0.39, 0.29) is 5.54 Å². The molecule has 1 N–H and O–H groups in total. The summed E-state index contributed by atoms with van der Waals surface area (Å²) in [5.74, 6) is 0. The monoisotopic (exact) mass is 264 g/mol. The lowest BCUT2D eigenvalue weighted by Gasteiger charge is -2.45. The van der Waals surface area contributed by atoms with Gasteiger partial charge in [0.15, 0.2) is 0 Å². The number of morpholine rings is 1. The molecule has 2 heterocycles. The number of hydrogen-bond acceptors (Lipinski definition) is 4. The number of aromatic nitrogens is 1. The van der Waals surface area contributed by atoms with E-state index in [4.69, 9.17) is 4.74 Å². The van der Waals surface area contributed by atoms with Crippen LogP contribution in [-0.4, -0.2) is 46.8 Å². The second-order valence-corrected chi connectivity index (χ2v) is 5.45. The molecule has 1 aromatic rings. The van der Waals surface area contributed by atoms with Crippen molar-refractivity contribution in [3.05, 3.63) is 29.6 Å². The van der Waals surface area contributed by atoms with Crippen LogP contribution in [0, 0.1) is 6.92 Å². The predicted octanol–water partition coefficient (Wildman–Crippen LogP) is 1.92. The highest BCUT2D eigenvalue weighted by atomic mass is 16.5. The number of aliphatic hydroxyl groups is 1. The topological polar surface area (TPSA) is 45.6 Å². The lowest BCUT2D eigenvalue weighted by atomic mass is 9.85. The summed E-state index contributed by atoms with van der Waals surface area (Å²) in [7, 11) is 0. The van der Waals surface area contributed by atoms with Crippen LogP contribution in [0.4, 0.5) is 0 Å². The normalized spacial score (nSPS) is 21.9. The third-order valence-corrected chi connectivity index (χ3v) is 4.29. The van der Waals surface area contributed by atoms with Gasteiger partial charge in [0.05, 0.1) is 19.3 Å². The molecule has 1 aliphatic heterocycles. The van der Waals surface area contributed by atoms with Gasteiger partial charge in [-0.1, -0.05) is 13.0 Å². The Bertz CT molecular complexity index is 401. The molecule has 106 valence electrons. The van der Waals surface area contributed by atoms with Gasteiger partial charge in [-0.15, -0.1) is 0 Å². The first-order valence-electron chi connectivity index (χ1n) is 7.01. The molecule has 2 unspecified atom stereocenters. The number of nitrogens with zero attached hydrogens (tertiary/aromatic N) is 2. The van der Waals surface area contributed by atoms with Crippen molar-refractivity contribution >= 4 is 0 Å². The zero-order valence-electron chi connectivity index (χ0n) is 12.1. The van der Waals surface area contributed by atoms with Gasteiger partial charge in [0, 0.05) is 36.1 Å². The van der Waals surface area contributed by atoms with Crippen LogP contribution >= 0.6 is 0 Å². The average molecular weight is 264 g/mol. The van der Waals surface area contributed by atoms with Crippen molar-refractivity contribution in [1.29, 1.82) is 0 Å². The lowest BCUT2D eigenvalue weighted by molar-refractivity contribution is -0.0735. The first-order valence-corrected chi connectivity index (χ1v) is 7.01. The molecule has 0 amide bonds. The van der Waals surface area contributed by atoms with Crippen LogP contribution in [-0.2, 0) is 4.74 Å². The van der Waals surface area contributed by atoms with E-state index in [0.717, 1.165) is 44.0 Å². The SMILES string of the molecule is CCC(C)(C(O)c1ccc(C)nc1)N1CCOCC1. The number of rotatable bonds is 4. The van der Waals surface area contributed by atoms with Crippen molar-refractivity contribution in [2.45, 2.75) is 38.8 Å². The molecular weight excluding hydrogens is 240 g/mol. The highest BCUT2D eigenvalue weighted by molar-refractivity contribution is 5.19. The lowest BCUT2D eigenvalue weighted by Crippen LogP contribution is -2.54. The van der Waals surface area contributed by atoms with Gasteiger partial charge < -0.3 is 9.84 Å². The fourth-order valence-corrected chi connectivity index (χ4v) is 2.66. The van der Waals surface area contributed by atoms with Gasteiger partial charge in [-0.05, 0) is 26.3 Å². The van der Waals surface area contributed by atoms with Crippen LogP contribution in [0.5, 0.6) is 0 Å². The van der Waals surface area contributed by atoms with Gasteiger partial charge in [0.1, 0.15) is 0 Å². The van der Waals surface area contributed by atoms with E-state index < -0.39 is 6.10 Å². The maximum absolute atomic E-state index is 10.8. The van der Waals surface area contributed by atoms with E-state index in [1.807, 2.05) is 19.1 Å². The standard InChI is InChI=1S/C15H24N2O2/c1-4-15(3,17-7-9-19-10-8-17)14(18)13-6-5-12(2)16-11-13/h5-6,11,14,18H,4,7-10H2,1-3H3. The number of hydrogen-bond donors (Lipinski definition) is 1. The van der Waals surface area contributed by atoms with E-state index >= 15 is 0 Å². The Balaban J connectivity index is 2.21. The largest absolute Gasteiger partial charge is 0.386 e. The summed E-state index contributed by atoms with van der Waals surface area (Å²) in [6.07, 6.45) is 2.15. The molecule has 4 heteroatoms. The maximum Gasteiger partial charge on any atom is 0.0985 e. The van der Waals surface area contributed by atoms with Crippen molar-refractivity contribution in [3.8, 4) is 0 Å². The van der Waals surface area contributed by atoms with Crippen LogP contribution in [0.25, 0.3) is 0 Å².